The number of benzene rings is 8. The van der Waals surface area contributed by atoms with Crippen molar-refractivity contribution in [2.75, 3.05) is 4.90 Å². The van der Waals surface area contributed by atoms with Gasteiger partial charge in [0.05, 0.1) is 22.1 Å². The molecule has 0 atom stereocenters. The topological polar surface area (TPSA) is 8.17 Å². The molecule has 3 aliphatic carbocycles. The number of rotatable bonds is 4. The predicted octanol–water partition coefficient (Wildman–Crippen LogP) is 14.6. The van der Waals surface area contributed by atoms with E-state index in [1.807, 2.05) is 0 Å². The molecule has 0 N–H and O–H groups in total. The summed E-state index contributed by atoms with van der Waals surface area (Å²) in [7, 11) is 0. The lowest BCUT2D eigenvalue weighted by Gasteiger charge is -2.32. The summed E-state index contributed by atoms with van der Waals surface area (Å²) in [6.45, 7) is 9.62. The van der Waals surface area contributed by atoms with Crippen LogP contribution >= 0.6 is 0 Å². The predicted molar refractivity (Wildman–Crippen MR) is 242 cm³/mol. The molecule has 1 spiro atoms. The van der Waals surface area contributed by atoms with Crippen molar-refractivity contribution in [2.45, 2.75) is 50.4 Å². The quantitative estimate of drug-likeness (QED) is 0.174. The molecule has 0 saturated heterocycles. The summed E-state index contributed by atoms with van der Waals surface area (Å²) >= 11 is 0. The van der Waals surface area contributed by atoms with Crippen LogP contribution in [0, 0.1) is 0 Å². The maximum absolute atomic E-state index is 2.50. The summed E-state index contributed by atoms with van der Waals surface area (Å²) in [6, 6.07) is 68.5. The highest BCUT2D eigenvalue weighted by Crippen LogP contribution is 2.63. The third-order valence-corrected chi connectivity index (χ3v) is 13.8. The molecule has 9 aromatic rings. The van der Waals surface area contributed by atoms with Crippen LogP contribution in [0.4, 0.5) is 17.1 Å². The second-order valence-corrected chi connectivity index (χ2v) is 18.0. The summed E-state index contributed by atoms with van der Waals surface area (Å²) in [6.07, 6.45) is 1.15. The summed E-state index contributed by atoms with van der Waals surface area (Å²) in [5.74, 6) is 0. The number of nitrogens with zero attached hydrogens (tertiary/aromatic N) is 2. The largest absolute Gasteiger partial charge is 0.310 e. The third kappa shape index (κ3) is 4.33. The van der Waals surface area contributed by atoms with E-state index >= 15 is 0 Å². The Morgan fingerprint density at radius 3 is 1.67 bits per heavy atom. The molecule has 2 nitrogen and oxygen atoms in total. The van der Waals surface area contributed by atoms with E-state index in [1.54, 1.807) is 0 Å². The molecule has 58 heavy (non-hydrogen) atoms. The number of hydrogen-bond donors (Lipinski definition) is 0. The highest BCUT2D eigenvalue weighted by molar-refractivity contribution is 6.16. The summed E-state index contributed by atoms with van der Waals surface area (Å²) in [5.41, 5.74) is 20.5. The summed E-state index contributed by atoms with van der Waals surface area (Å²) in [5, 5.41) is 2.50. The van der Waals surface area contributed by atoms with Gasteiger partial charge in [-0.25, -0.2) is 0 Å². The fourth-order valence-electron chi connectivity index (χ4n) is 11.8. The molecule has 278 valence electrons. The van der Waals surface area contributed by atoms with Gasteiger partial charge in [-0.2, -0.15) is 0 Å². The Balaban J connectivity index is 1.13. The second kappa shape index (κ2) is 11.7. The molecule has 0 radical (unpaired) electrons. The van der Waals surface area contributed by atoms with Crippen LogP contribution in [0.15, 0.2) is 182 Å². The first-order valence-corrected chi connectivity index (χ1v) is 20.7. The van der Waals surface area contributed by atoms with Crippen LogP contribution < -0.4 is 4.90 Å². The molecule has 0 amide bonds. The standard InChI is InChI=1S/C56H44N2/c1-54(2)35-55(3,4)49-34-38(30-32-47(49)54)58-50-26-15-11-22-43(50)53-51(27-16-28-52(53)58)57(36-17-6-5-7-18-36)37-29-31-42-41-21-10-14-25-46(41)56(48(42)33-37)44-23-12-8-19-39(44)40-20-9-13-24-45(40)56/h5-34H,35H2,1-4H3. The Hall–Kier alpha value is -6.64. The average molecular weight is 745 g/mol. The first kappa shape index (κ1) is 33.5. The maximum Gasteiger partial charge on any atom is 0.0726 e. The van der Waals surface area contributed by atoms with Gasteiger partial charge in [0.15, 0.2) is 0 Å². The van der Waals surface area contributed by atoms with Crippen molar-refractivity contribution >= 4 is 38.9 Å². The Morgan fingerprint density at radius 2 is 0.983 bits per heavy atom. The van der Waals surface area contributed by atoms with Crippen molar-refractivity contribution in [3.05, 3.63) is 215 Å². The van der Waals surface area contributed by atoms with Gasteiger partial charge >= 0.3 is 0 Å². The monoisotopic (exact) mass is 744 g/mol. The maximum atomic E-state index is 2.50. The molecule has 0 aliphatic heterocycles. The van der Waals surface area contributed by atoms with Gasteiger partial charge in [-0.15, -0.1) is 0 Å². The minimum Gasteiger partial charge on any atom is -0.310 e. The zero-order chi connectivity index (χ0) is 39.0. The molecule has 3 aliphatic rings. The van der Waals surface area contributed by atoms with E-state index in [0.29, 0.717) is 0 Å². The lowest BCUT2D eigenvalue weighted by atomic mass is 9.70. The van der Waals surface area contributed by atoms with Crippen LogP contribution in [-0.2, 0) is 16.2 Å². The zero-order valence-electron chi connectivity index (χ0n) is 33.4. The van der Waals surface area contributed by atoms with Gasteiger partial charge in [-0.1, -0.05) is 155 Å². The van der Waals surface area contributed by atoms with Gasteiger partial charge in [0.1, 0.15) is 0 Å². The Labute approximate surface area is 340 Å². The summed E-state index contributed by atoms with van der Waals surface area (Å²) < 4.78 is 2.50. The van der Waals surface area contributed by atoms with Crippen molar-refractivity contribution in [3.63, 3.8) is 0 Å². The van der Waals surface area contributed by atoms with E-state index < -0.39 is 5.41 Å². The van der Waals surface area contributed by atoms with Gasteiger partial charge in [-0.05, 0) is 127 Å². The smallest absolute Gasteiger partial charge is 0.0726 e. The van der Waals surface area contributed by atoms with Gasteiger partial charge in [0.2, 0.25) is 0 Å². The molecule has 0 fully saturated rings. The molecule has 0 saturated carbocycles. The summed E-state index contributed by atoms with van der Waals surface area (Å²) in [4.78, 5) is 2.50. The zero-order valence-corrected chi connectivity index (χ0v) is 33.4. The fraction of sp³-hybridized carbons (Fsp3) is 0.143. The third-order valence-electron chi connectivity index (χ3n) is 13.8. The number of aromatic nitrogens is 1. The van der Waals surface area contributed by atoms with Crippen molar-refractivity contribution < 1.29 is 0 Å². The molecule has 0 bridgehead atoms. The Morgan fingerprint density at radius 1 is 0.414 bits per heavy atom. The molecule has 0 unspecified atom stereocenters. The van der Waals surface area contributed by atoms with Gasteiger partial charge < -0.3 is 9.47 Å². The van der Waals surface area contributed by atoms with E-state index in [2.05, 4.69) is 219 Å². The Bertz CT molecular complexity index is 3100. The number of fused-ring (bicyclic) bond motifs is 14. The van der Waals surface area contributed by atoms with Gasteiger partial charge in [-0.3, -0.25) is 0 Å². The van der Waals surface area contributed by atoms with Crippen LogP contribution in [0.1, 0.15) is 67.5 Å². The number of anilines is 3. The molecule has 1 aromatic heterocycles. The van der Waals surface area contributed by atoms with Gasteiger partial charge in [0.25, 0.3) is 0 Å². The SMILES string of the molecule is CC1(C)CC(C)(C)c2cc(-n3c4ccccc4c4c(N(c5ccccc5)c5ccc6c(c5)C5(c7ccccc7-c7ccccc75)c5ccccc5-6)cccc43)ccc21. The molecular weight excluding hydrogens is 701 g/mol. The van der Waals surface area contributed by atoms with Crippen molar-refractivity contribution in [3.8, 4) is 27.9 Å². The molecule has 12 rings (SSSR count). The van der Waals surface area contributed by atoms with E-state index in [1.165, 1.54) is 83.1 Å². The van der Waals surface area contributed by atoms with E-state index in [4.69, 9.17) is 0 Å². The molecule has 2 heteroatoms. The van der Waals surface area contributed by atoms with Crippen molar-refractivity contribution in [2.24, 2.45) is 0 Å². The first-order valence-electron chi connectivity index (χ1n) is 20.7. The van der Waals surface area contributed by atoms with E-state index in [-0.39, 0.29) is 10.8 Å². The second-order valence-electron chi connectivity index (χ2n) is 18.0. The van der Waals surface area contributed by atoms with Crippen molar-refractivity contribution in [1.82, 2.24) is 4.57 Å². The lowest BCUT2D eigenvalue weighted by molar-refractivity contribution is 0.403. The van der Waals surface area contributed by atoms with Crippen LogP contribution in [0.25, 0.3) is 49.7 Å². The highest BCUT2D eigenvalue weighted by Gasteiger charge is 2.51. The molecule has 8 aromatic carbocycles. The van der Waals surface area contributed by atoms with Crippen molar-refractivity contribution in [1.29, 1.82) is 0 Å². The molecule has 1 heterocycles. The minimum atomic E-state index is -0.421. The average Bonchev–Trinajstić information content (AvgIpc) is 3.91. The molecular formula is C56H44N2. The number of para-hydroxylation sites is 2. The van der Waals surface area contributed by atoms with Crippen LogP contribution in [-0.4, -0.2) is 4.57 Å². The van der Waals surface area contributed by atoms with E-state index in [0.717, 1.165) is 23.5 Å². The number of hydrogen-bond acceptors (Lipinski definition) is 1. The highest BCUT2D eigenvalue weighted by atomic mass is 15.1. The Kier molecular flexibility index (Phi) is 6.76. The lowest BCUT2D eigenvalue weighted by Crippen LogP contribution is -2.26. The fourth-order valence-corrected chi connectivity index (χ4v) is 11.8. The minimum absolute atomic E-state index is 0.105. The van der Waals surface area contributed by atoms with Crippen LogP contribution in [0.3, 0.4) is 0 Å². The normalized spacial score (nSPS) is 15.9. The van der Waals surface area contributed by atoms with E-state index in [9.17, 15) is 0 Å². The first-order chi connectivity index (χ1) is 28.3. The van der Waals surface area contributed by atoms with Crippen LogP contribution in [0.2, 0.25) is 0 Å². The van der Waals surface area contributed by atoms with Crippen LogP contribution in [0.5, 0.6) is 0 Å². The van der Waals surface area contributed by atoms with Gasteiger partial charge in [0, 0.05) is 27.8 Å².